The lowest BCUT2D eigenvalue weighted by molar-refractivity contribution is 0.230. The van der Waals surface area contributed by atoms with Crippen molar-refractivity contribution in [2.24, 2.45) is 5.10 Å². The number of halogens is 1. The van der Waals surface area contributed by atoms with E-state index in [9.17, 15) is 0 Å². The van der Waals surface area contributed by atoms with Gasteiger partial charge in [-0.05, 0) is 49.2 Å². The molecule has 0 aliphatic carbocycles. The van der Waals surface area contributed by atoms with Crippen molar-refractivity contribution >= 4 is 17.8 Å². The van der Waals surface area contributed by atoms with E-state index in [1.165, 1.54) is 0 Å². The number of rotatable bonds is 9. The molecule has 0 amide bonds. The zero-order valence-corrected chi connectivity index (χ0v) is 17.0. The highest BCUT2D eigenvalue weighted by Gasteiger charge is 2.12. The van der Waals surface area contributed by atoms with Crippen LogP contribution in [0, 0.1) is 0 Å². The van der Waals surface area contributed by atoms with Gasteiger partial charge in [-0.25, -0.2) is 0 Å². The quantitative estimate of drug-likeness (QED) is 0.510. The van der Waals surface area contributed by atoms with Crippen LogP contribution in [-0.2, 0) is 6.54 Å². The van der Waals surface area contributed by atoms with Crippen molar-refractivity contribution in [3.05, 3.63) is 46.5 Å². The van der Waals surface area contributed by atoms with Crippen molar-refractivity contribution in [2.45, 2.75) is 26.5 Å². The fourth-order valence-electron chi connectivity index (χ4n) is 2.41. The number of hydrogen-bond donors (Lipinski definition) is 1. The average Bonchev–Trinajstić information content (AvgIpc) is 2.66. The first-order valence-corrected chi connectivity index (χ1v) is 8.87. The van der Waals surface area contributed by atoms with Crippen LogP contribution >= 0.6 is 11.6 Å². The SMILES string of the molecule is COc1ccc(CN/N=C\c2cc(Cl)c(OC(C)C)c(OC)c2)cc1OC. The Morgan fingerprint density at radius 2 is 1.70 bits per heavy atom. The second kappa shape index (κ2) is 9.92. The number of nitrogens with one attached hydrogen (secondary N) is 1. The van der Waals surface area contributed by atoms with E-state index in [0.717, 1.165) is 11.1 Å². The van der Waals surface area contributed by atoms with Gasteiger partial charge in [0.2, 0.25) is 0 Å². The molecule has 2 aromatic carbocycles. The molecule has 1 N–H and O–H groups in total. The van der Waals surface area contributed by atoms with Crippen molar-refractivity contribution in [1.82, 2.24) is 5.43 Å². The normalized spacial score (nSPS) is 10.9. The molecule has 0 aliphatic rings. The van der Waals surface area contributed by atoms with Gasteiger partial charge in [-0.1, -0.05) is 17.7 Å². The Labute approximate surface area is 165 Å². The van der Waals surface area contributed by atoms with Crippen LogP contribution in [0.1, 0.15) is 25.0 Å². The minimum absolute atomic E-state index is 0.000859. The highest BCUT2D eigenvalue weighted by atomic mass is 35.5. The molecule has 0 heterocycles. The van der Waals surface area contributed by atoms with E-state index in [2.05, 4.69) is 10.5 Å². The van der Waals surface area contributed by atoms with Crippen LogP contribution < -0.4 is 24.4 Å². The summed E-state index contributed by atoms with van der Waals surface area (Å²) in [6.45, 7) is 4.41. The first-order chi connectivity index (χ1) is 13.0. The number of hydrogen-bond acceptors (Lipinski definition) is 6. The van der Waals surface area contributed by atoms with Crippen molar-refractivity contribution in [2.75, 3.05) is 21.3 Å². The van der Waals surface area contributed by atoms with E-state index in [-0.39, 0.29) is 6.10 Å². The van der Waals surface area contributed by atoms with Crippen LogP contribution in [0.3, 0.4) is 0 Å². The summed E-state index contributed by atoms with van der Waals surface area (Å²) < 4.78 is 21.6. The zero-order valence-electron chi connectivity index (χ0n) is 16.2. The lowest BCUT2D eigenvalue weighted by Gasteiger charge is -2.15. The molecule has 2 aromatic rings. The third-order valence-corrected chi connectivity index (χ3v) is 3.92. The maximum absolute atomic E-state index is 6.32. The topological polar surface area (TPSA) is 61.3 Å². The molecule has 27 heavy (non-hydrogen) atoms. The van der Waals surface area contributed by atoms with Crippen molar-refractivity contribution < 1.29 is 18.9 Å². The molecule has 7 heteroatoms. The summed E-state index contributed by atoms with van der Waals surface area (Å²) in [5, 5.41) is 4.72. The molecule has 6 nitrogen and oxygen atoms in total. The Bertz CT molecular complexity index is 794. The van der Waals surface area contributed by atoms with Gasteiger partial charge in [0.05, 0.1) is 45.2 Å². The predicted molar refractivity (Wildman–Crippen MR) is 108 cm³/mol. The van der Waals surface area contributed by atoms with Gasteiger partial charge < -0.3 is 24.4 Å². The number of hydrazone groups is 1. The summed E-state index contributed by atoms with van der Waals surface area (Å²) in [4.78, 5) is 0. The lowest BCUT2D eigenvalue weighted by Crippen LogP contribution is -2.08. The third-order valence-electron chi connectivity index (χ3n) is 3.64. The Kier molecular flexibility index (Phi) is 7.61. The first kappa shape index (κ1) is 20.7. The molecule has 0 fully saturated rings. The molecule has 0 unspecified atom stereocenters. The number of nitrogens with zero attached hydrogens (tertiary/aromatic N) is 1. The summed E-state index contributed by atoms with van der Waals surface area (Å²) in [6, 6.07) is 9.31. The van der Waals surface area contributed by atoms with E-state index < -0.39 is 0 Å². The van der Waals surface area contributed by atoms with E-state index in [1.54, 1.807) is 33.6 Å². The first-order valence-electron chi connectivity index (χ1n) is 8.49. The van der Waals surface area contributed by atoms with Crippen LogP contribution in [-0.4, -0.2) is 33.6 Å². The third kappa shape index (κ3) is 5.69. The van der Waals surface area contributed by atoms with E-state index >= 15 is 0 Å². The minimum Gasteiger partial charge on any atom is -0.493 e. The van der Waals surface area contributed by atoms with Gasteiger partial charge in [-0.3, -0.25) is 0 Å². The smallest absolute Gasteiger partial charge is 0.180 e. The Morgan fingerprint density at radius 3 is 2.33 bits per heavy atom. The molecule has 0 bridgehead atoms. The molecule has 0 spiro atoms. The van der Waals surface area contributed by atoms with Gasteiger partial charge in [0.15, 0.2) is 23.0 Å². The van der Waals surface area contributed by atoms with Crippen molar-refractivity contribution in [1.29, 1.82) is 0 Å². The highest BCUT2D eigenvalue weighted by Crippen LogP contribution is 2.36. The monoisotopic (exact) mass is 392 g/mol. The molecule has 0 aliphatic heterocycles. The molecule has 0 aromatic heterocycles. The Hall–Kier alpha value is -2.60. The van der Waals surface area contributed by atoms with Crippen LogP contribution in [0.25, 0.3) is 0 Å². The number of benzene rings is 2. The Morgan fingerprint density at radius 1 is 1.00 bits per heavy atom. The second-order valence-corrected chi connectivity index (χ2v) is 6.39. The largest absolute Gasteiger partial charge is 0.493 e. The lowest BCUT2D eigenvalue weighted by atomic mass is 10.2. The summed E-state index contributed by atoms with van der Waals surface area (Å²) in [7, 11) is 4.79. The predicted octanol–water partition coefficient (Wildman–Crippen LogP) is 4.28. The maximum atomic E-state index is 6.32. The van der Waals surface area contributed by atoms with Crippen LogP contribution in [0.15, 0.2) is 35.4 Å². The van der Waals surface area contributed by atoms with Gasteiger partial charge in [-0.15, -0.1) is 0 Å². The van der Waals surface area contributed by atoms with Crippen molar-refractivity contribution in [3.63, 3.8) is 0 Å². The molecule has 2 rings (SSSR count). The van der Waals surface area contributed by atoms with E-state index in [0.29, 0.717) is 34.6 Å². The summed E-state index contributed by atoms with van der Waals surface area (Å²) in [5.41, 5.74) is 4.81. The maximum Gasteiger partial charge on any atom is 0.180 e. The van der Waals surface area contributed by atoms with E-state index in [4.69, 9.17) is 30.5 Å². The standard InChI is InChI=1S/C20H25ClN2O4/c1-13(2)27-20-16(21)8-15(10-19(20)26-5)12-23-22-11-14-6-7-17(24-3)18(9-14)25-4/h6-10,12-13,22H,11H2,1-5H3/b23-12-. The molecule has 0 radical (unpaired) electrons. The van der Waals surface area contributed by atoms with E-state index in [1.807, 2.05) is 38.1 Å². The zero-order chi connectivity index (χ0) is 19.8. The number of methoxy groups -OCH3 is 3. The average molecular weight is 393 g/mol. The van der Waals surface area contributed by atoms with Gasteiger partial charge in [0.1, 0.15) is 0 Å². The number of ether oxygens (including phenoxy) is 4. The molecular formula is C20H25ClN2O4. The van der Waals surface area contributed by atoms with Gasteiger partial charge in [0.25, 0.3) is 0 Å². The van der Waals surface area contributed by atoms with Gasteiger partial charge in [-0.2, -0.15) is 5.10 Å². The summed E-state index contributed by atoms with van der Waals surface area (Å²) in [5.74, 6) is 2.47. The molecular weight excluding hydrogens is 368 g/mol. The molecule has 0 saturated heterocycles. The van der Waals surface area contributed by atoms with Crippen LogP contribution in [0.5, 0.6) is 23.0 Å². The molecule has 146 valence electrons. The molecule has 0 atom stereocenters. The minimum atomic E-state index is -0.000859. The second-order valence-electron chi connectivity index (χ2n) is 5.98. The Balaban J connectivity index is 2.05. The van der Waals surface area contributed by atoms with Crippen LogP contribution in [0.4, 0.5) is 0 Å². The fraction of sp³-hybridized carbons (Fsp3) is 0.350. The fourth-order valence-corrected chi connectivity index (χ4v) is 2.68. The van der Waals surface area contributed by atoms with Crippen LogP contribution in [0.2, 0.25) is 5.02 Å². The van der Waals surface area contributed by atoms with Crippen molar-refractivity contribution in [3.8, 4) is 23.0 Å². The highest BCUT2D eigenvalue weighted by molar-refractivity contribution is 6.32. The van der Waals surface area contributed by atoms with Gasteiger partial charge in [0, 0.05) is 0 Å². The van der Waals surface area contributed by atoms with Gasteiger partial charge >= 0.3 is 0 Å². The molecule has 0 saturated carbocycles. The summed E-state index contributed by atoms with van der Waals surface area (Å²) in [6.07, 6.45) is 1.67. The summed E-state index contributed by atoms with van der Waals surface area (Å²) >= 11 is 6.32.